The van der Waals surface area contributed by atoms with Crippen LogP contribution < -0.4 is 4.74 Å². The maximum absolute atomic E-state index is 13.1. The number of amides is 1. The lowest BCUT2D eigenvalue weighted by atomic mass is 9.98. The molecule has 7 heteroatoms. The summed E-state index contributed by atoms with van der Waals surface area (Å²) in [5, 5.41) is 4.29. The van der Waals surface area contributed by atoms with E-state index >= 15 is 0 Å². The molecule has 0 spiro atoms. The maximum atomic E-state index is 13.1. The number of piperidine rings is 1. The minimum atomic E-state index is 0.00106. The van der Waals surface area contributed by atoms with Crippen molar-refractivity contribution in [2.24, 2.45) is 0 Å². The third kappa shape index (κ3) is 3.63. The van der Waals surface area contributed by atoms with E-state index in [9.17, 15) is 4.79 Å². The van der Waals surface area contributed by atoms with E-state index in [1.165, 1.54) is 6.33 Å². The predicted molar refractivity (Wildman–Crippen MR) is 100 cm³/mol. The molecule has 3 aromatic rings. The third-order valence-electron chi connectivity index (χ3n) is 4.96. The van der Waals surface area contributed by atoms with Gasteiger partial charge in [-0.2, -0.15) is 14.6 Å². The topological polar surface area (TPSA) is 72.6 Å². The van der Waals surface area contributed by atoms with E-state index in [2.05, 4.69) is 15.1 Å². The monoisotopic (exact) mass is 365 g/mol. The molecule has 0 saturated carbocycles. The number of likely N-dealkylation sites (tertiary alicyclic amines) is 1. The fourth-order valence-corrected chi connectivity index (χ4v) is 3.69. The quantitative estimate of drug-likeness (QED) is 0.695. The largest absolute Gasteiger partial charge is 0.494 e. The standard InChI is InChI=1S/C20H23N5O2/c1-2-27-16-8-6-15(7-9-16)13-19(26)24-12-4-3-5-17(24)18-10-11-21-20-22-14-23-25(18)20/h6-11,14,17H,2-5,12-13H2,1H3. The number of nitrogens with zero attached hydrogens (tertiary/aromatic N) is 5. The minimum absolute atomic E-state index is 0.00106. The van der Waals surface area contributed by atoms with Crippen molar-refractivity contribution in [2.75, 3.05) is 13.2 Å². The fourth-order valence-electron chi connectivity index (χ4n) is 3.69. The van der Waals surface area contributed by atoms with Crippen LogP contribution >= 0.6 is 0 Å². The zero-order valence-corrected chi connectivity index (χ0v) is 15.4. The van der Waals surface area contributed by atoms with E-state index in [0.29, 0.717) is 18.8 Å². The summed E-state index contributed by atoms with van der Waals surface area (Å²) in [6.45, 7) is 3.36. The van der Waals surface area contributed by atoms with E-state index < -0.39 is 0 Å². The summed E-state index contributed by atoms with van der Waals surface area (Å²) in [6, 6.07) is 9.70. The highest BCUT2D eigenvalue weighted by Gasteiger charge is 2.30. The Kier molecular flexibility index (Phi) is 5.00. The van der Waals surface area contributed by atoms with Crippen molar-refractivity contribution >= 4 is 11.7 Å². The Hall–Kier alpha value is -2.96. The maximum Gasteiger partial charge on any atom is 0.252 e. The molecular weight excluding hydrogens is 342 g/mol. The fraction of sp³-hybridized carbons (Fsp3) is 0.400. The molecule has 7 nitrogen and oxygen atoms in total. The van der Waals surface area contributed by atoms with E-state index in [-0.39, 0.29) is 11.9 Å². The van der Waals surface area contributed by atoms with Crippen LogP contribution in [0.5, 0.6) is 5.75 Å². The molecule has 1 atom stereocenters. The first-order valence-electron chi connectivity index (χ1n) is 9.42. The molecule has 27 heavy (non-hydrogen) atoms. The lowest BCUT2D eigenvalue weighted by Gasteiger charge is -2.36. The van der Waals surface area contributed by atoms with E-state index in [1.807, 2.05) is 42.2 Å². The molecule has 1 fully saturated rings. The van der Waals surface area contributed by atoms with Gasteiger partial charge in [0.2, 0.25) is 5.91 Å². The van der Waals surface area contributed by atoms with Gasteiger partial charge in [0.15, 0.2) is 0 Å². The molecule has 0 radical (unpaired) electrons. The van der Waals surface area contributed by atoms with Crippen molar-refractivity contribution < 1.29 is 9.53 Å². The molecule has 4 rings (SSSR count). The van der Waals surface area contributed by atoms with E-state index in [0.717, 1.165) is 42.8 Å². The summed E-state index contributed by atoms with van der Waals surface area (Å²) < 4.78 is 7.22. The number of aromatic nitrogens is 4. The van der Waals surface area contributed by atoms with Gasteiger partial charge in [0, 0.05) is 12.7 Å². The van der Waals surface area contributed by atoms with Crippen LogP contribution in [0.3, 0.4) is 0 Å². The van der Waals surface area contributed by atoms with Crippen molar-refractivity contribution in [3.63, 3.8) is 0 Å². The molecule has 0 aliphatic carbocycles. The van der Waals surface area contributed by atoms with Gasteiger partial charge in [-0.05, 0) is 49.9 Å². The summed E-state index contributed by atoms with van der Waals surface area (Å²) in [4.78, 5) is 23.4. The Morgan fingerprint density at radius 3 is 2.85 bits per heavy atom. The van der Waals surface area contributed by atoms with Crippen LogP contribution in [-0.4, -0.2) is 43.5 Å². The number of hydrogen-bond acceptors (Lipinski definition) is 5. The molecular formula is C20H23N5O2. The van der Waals surface area contributed by atoms with Crippen LogP contribution in [0.2, 0.25) is 0 Å². The zero-order chi connectivity index (χ0) is 18.6. The molecule has 1 amide bonds. The summed E-state index contributed by atoms with van der Waals surface area (Å²) in [7, 11) is 0. The van der Waals surface area contributed by atoms with Gasteiger partial charge in [0.25, 0.3) is 5.78 Å². The predicted octanol–water partition coefficient (Wildman–Crippen LogP) is 2.82. The second-order valence-corrected chi connectivity index (χ2v) is 6.69. The molecule has 1 aliphatic heterocycles. The number of carbonyl (C=O) groups excluding carboxylic acids is 1. The second-order valence-electron chi connectivity index (χ2n) is 6.69. The smallest absolute Gasteiger partial charge is 0.252 e. The first-order chi connectivity index (χ1) is 13.3. The van der Waals surface area contributed by atoms with Gasteiger partial charge in [0.1, 0.15) is 12.1 Å². The van der Waals surface area contributed by atoms with Crippen molar-refractivity contribution in [1.29, 1.82) is 0 Å². The number of carbonyl (C=O) groups is 1. The van der Waals surface area contributed by atoms with E-state index in [1.54, 1.807) is 10.7 Å². The molecule has 1 aromatic carbocycles. The SMILES string of the molecule is CCOc1ccc(CC(=O)N2CCCCC2c2ccnc3ncnn23)cc1. The number of fused-ring (bicyclic) bond motifs is 1. The highest BCUT2D eigenvalue weighted by molar-refractivity contribution is 5.79. The van der Waals surface area contributed by atoms with Gasteiger partial charge in [-0.25, -0.2) is 4.98 Å². The Labute approximate surface area is 158 Å². The van der Waals surface area contributed by atoms with Gasteiger partial charge in [-0.3, -0.25) is 4.79 Å². The Balaban J connectivity index is 1.55. The van der Waals surface area contributed by atoms with Crippen molar-refractivity contribution in [2.45, 2.75) is 38.6 Å². The van der Waals surface area contributed by atoms with Crippen LogP contribution in [0.15, 0.2) is 42.9 Å². The van der Waals surface area contributed by atoms with Gasteiger partial charge < -0.3 is 9.64 Å². The minimum Gasteiger partial charge on any atom is -0.494 e. The van der Waals surface area contributed by atoms with Crippen LogP contribution in [0, 0.1) is 0 Å². The molecule has 0 N–H and O–H groups in total. The van der Waals surface area contributed by atoms with Crippen LogP contribution in [-0.2, 0) is 11.2 Å². The van der Waals surface area contributed by atoms with Crippen molar-refractivity contribution in [3.05, 3.63) is 54.1 Å². The van der Waals surface area contributed by atoms with Crippen molar-refractivity contribution in [3.8, 4) is 5.75 Å². The average molecular weight is 365 g/mol. The van der Waals surface area contributed by atoms with Crippen molar-refractivity contribution in [1.82, 2.24) is 24.5 Å². The normalized spacial score (nSPS) is 17.2. The molecule has 2 aromatic heterocycles. The highest BCUT2D eigenvalue weighted by atomic mass is 16.5. The number of hydrogen-bond donors (Lipinski definition) is 0. The van der Waals surface area contributed by atoms with Crippen LogP contribution in [0.25, 0.3) is 5.78 Å². The highest BCUT2D eigenvalue weighted by Crippen LogP contribution is 2.31. The summed E-state index contributed by atoms with van der Waals surface area (Å²) in [6.07, 6.45) is 6.67. The number of rotatable bonds is 5. The lowest BCUT2D eigenvalue weighted by Crippen LogP contribution is -2.40. The molecule has 0 bridgehead atoms. The average Bonchev–Trinajstić information content (AvgIpc) is 3.18. The first-order valence-corrected chi connectivity index (χ1v) is 9.42. The van der Waals surface area contributed by atoms with Gasteiger partial charge >= 0.3 is 0 Å². The van der Waals surface area contributed by atoms with Gasteiger partial charge in [-0.1, -0.05) is 12.1 Å². The van der Waals surface area contributed by atoms with Crippen LogP contribution in [0.1, 0.15) is 43.5 Å². The lowest BCUT2D eigenvalue weighted by molar-refractivity contribution is -0.134. The third-order valence-corrected chi connectivity index (χ3v) is 4.96. The summed E-state index contributed by atoms with van der Waals surface area (Å²) in [5.41, 5.74) is 1.96. The Bertz CT molecular complexity index is 922. The Morgan fingerprint density at radius 1 is 1.19 bits per heavy atom. The van der Waals surface area contributed by atoms with Gasteiger partial charge in [0.05, 0.1) is 24.8 Å². The zero-order valence-electron chi connectivity index (χ0n) is 15.4. The molecule has 1 aliphatic rings. The van der Waals surface area contributed by atoms with E-state index in [4.69, 9.17) is 4.74 Å². The van der Waals surface area contributed by atoms with Crippen LogP contribution in [0.4, 0.5) is 0 Å². The molecule has 140 valence electrons. The second kappa shape index (κ2) is 7.73. The molecule has 3 heterocycles. The number of ether oxygens (including phenoxy) is 1. The number of benzene rings is 1. The van der Waals surface area contributed by atoms with Gasteiger partial charge in [-0.15, -0.1) is 0 Å². The summed E-state index contributed by atoms with van der Waals surface area (Å²) >= 11 is 0. The molecule has 1 saturated heterocycles. The molecule has 1 unspecified atom stereocenters. The summed E-state index contributed by atoms with van der Waals surface area (Å²) in [5.74, 6) is 1.53. The Morgan fingerprint density at radius 2 is 2.04 bits per heavy atom. The first kappa shape index (κ1) is 17.5.